The molecule has 6 heteroatoms. The van der Waals surface area contributed by atoms with Gasteiger partial charge in [-0.1, -0.05) is 37.9 Å². The van der Waals surface area contributed by atoms with Crippen LogP contribution in [0.3, 0.4) is 0 Å². The van der Waals surface area contributed by atoms with Crippen molar-refractivity contribution in [1.82, 2.24) is 9.97 Å². The molecule has 1 aromatic rings. The quantitative estimate of drug-likeness (QED) is 0.333. The number of thioether (sulfide) groups is 1. The van der Waals surface area contributed by atoms with E-state index >= 15 is 0 Å². The van der Waals surface area contributed by atoms with Gasteiger partial charge in [0.25, 0.3) is 0 Å². The van der Waals surface area contributed by atoms with Gasteiger partial charge in [0, 0.05) is 12.1 Å². The van der Waals surface area contributed by atoms with E-state index in [-0.39, 0.29) is 0 Å². The molecule has 5 nitrogen and oxygen atoms in total. The highest BCUT2D eigenvalue weighted by molar-refractivity contribution is 7.98. The molecule has 1 aromatic heterocycles. The third-order valence-electron chi connectivity index (χ3n) is 3.75. The molecular weight excluding hydrogens is 258 g/mol. The number of nitrogen functional groups attached to an aromatic ring is 1. The smallest absolute Gasteiger partial charge is 0.191 e. The van der Waals surface area contributed by atoms with Crippen LogP contribution < -0.4 is 16.6 Å². The van der Waals surface area contributed by atoms with Gasteiger partial charge in [0.15, 0.2) is 5.16 Å². The molecule has 4 N–H and O–H groups in total. The summed E-state index contributed by atoms with van der Waals surface area (Å²) < 4.78 is 0. The molecule has 1 fully saturated rings. The number of hydrazine groups is 1. The summed E-state index contributed by atoms with van der Waals surface area (Å²) in [6.45, 7) is 2.28. The number of anilines is 2. The van der Waals surface area contributed by atoms with Crippen LogP contribution in [0.25, 0.3) is 0 Å². The zero-order valence-electron chi connectivity index (χ0n) is 11.6. The van der Waals surface area contributed by atoms with Gasteiger partial charge in [-0.25, -0.2) is 15.8 Å². The number of rotatable bonds is 5. The second-order valence-corrected chi connectivity index (χ2v) is 5.82. The van der Waals surface area contributed by atoms with E-state index in [4.69, 9.17) is 5.84 Å². The Morgan fingerprint density at radius 2 is 2.16 bits per heavy atom. The first-order chi connectivity index (χ1) is 9.25. The molecule has 0 spiro atoms. The minimum Gasteiger partial charge on any atom is -0.367 e. The van der Waals surface area contributed by atoms with Crippen LogP contribution in [0.15, 0.2) is 11.2 Å². The Hall–Kier alpha value is -1.01. The molecule has 2 atom stereocenters. The first kappa shape index (κ1) is 14.4. The summed E-state index contributed by atoms with van der Waals surface area (Å²) in [4.78, 5) is 8.76. The summed E-state index contributed by atoms with van der Waals surface area (Å²) in [5, 5.41) is 4.27. The van der Waals surface area contributed by atoms with E-state index < -0.39 is 0 Å². The molecule has 2 rings (SSSR count). The van der Waals surface area contributed by atoms with Crippen molar-refractivity contribution in [2.45, 2.75) is 50.2 Å². The van der Waals surface area contributed by atoms with E-state index in [2.05, 4.69) is 27.6 Å². The lowest BCUT2D eigenvalue weighted by molar-refractivity contribution is 0.327. The standard InChI is InChI=1S/C13H23N5S/c1-3-9-5-4-6-10(7-9)15-11-8-12(18-14)17-13(16-11)19-2/h8-10H,3-7,14H2,1-2H3,(H2,15,16,17,18). The molecule has 1 saturated carbocycles. The van der Waals surface area contributed by atoms with Crippen molar-refractivity contribution < 1.29 is 0 Å². The highest BCUT2D eigenvalue weighted by Crippen LogP contribution is 2.29. The first-order valence-electron chi connectivity index (χ1n) is 6.91. The van der Waals surface area contributed by atoms with Gasteiger partial charge in [0.1, 0.15) is 11.6 Å². The molecule has 0 saturated heterocycles. The largest absolute Gasteiger partial charge is 0.367 e. The predicted molar refractivity (Wildman–Crippen MR) is 81.3 cm³/mol. The summed E-state index contributed by atoms with van der Waals surface area (Å²) in [5.74, 6) is 7.82. The van der Waals surface area contributed by atoms with E-state index in [0.29, 0.717) is 11.9 Å². The number of nitrogens with zero attached hydrogens (tertiary/aromatic N) is 2. The van der Waals surface area contributed by atoms with E-state index in [0.717, 1.165) is 16.9 Å². The average Bonchev–Trinajstić information content (AvgIpc) is 2.47. The molecule has 2 unspecified atom stereocenters. The average molecular weight is 281 g/mol. The third-order valence-corrected chi connectivity index (χ3v) is 4.30. The van der Waals surface area contributed by atoms with Gasteiger partial charge in [0.05, 0.1) is 0 Å². The Kier molecular flexibility index (Phi) is 5.27. The van der Waals surface area contributed by atoms with E-state index in [1.54, 1.807) is 0 Å². The molecule has 106 valence electrons. The molecule has 0 amide bonds. The maximum Gasteiger partial charge on any atom is 0.191 e. The Morgan fingerprint density at radius 1 is 1.37 bits per heavy atom. The van der Waals surface area contributed by atoms with Crippen molar-refractivity contribution >= 4 is 23.4 Å². The topological polar surface area (TPSA) is 75.9 Å². The van der Waals surface area contributed by atoms with Crippen molar-refractivity contribution in [2.24, 2.45) is 11.8 Å². The number of nitrogens with one attached hydrogen (secondary N) is 2. The lowest BCUT2D eigenvalue weighted by Crippen LogP contribution is -2.27. The van der Waals surface area contributed by atoms with Crippen LogP contribution in [0.1, 0.15) is 39.0 Å². The Balaban J connectivity index is 2.05. The zero-order chi connectivity index (χ0) is 13.7. The summed E-state index contributed by atoms with van der Waals surface area (Å²) >= 11 is 1.52. The van der Waals surface area contributed by atoms with Gasteiger partial charge in [-0.15, -0.1) is 0 Å². The lowest BCUT2D eigenvalue weighted by atomic mass is 9.84. The maximum absolute atomic E-state index is 5.44. The van der Waals surface area contributed by atoms with Crippen molar-refractivity contribution in [3.8, 4) is 0 Å². The van der Waals surface area contributed by atoms with Crippen LogP contribution in [-0.4, -0.2) is 22.3 Å². The fourth-order valence-corrected chi connectivity index (χ4v) is 3.05. The van der Waals surface area contributed by atoms with Crippen LogP contribution in [0.5, 0.6) is 0 Å². The maximum atomic E-state index is 5.44. The monoisotopic (exact) mass is 281 g/mol. The summed E-state index contributed by atoms with van der Waals surface area (Å²) in [6, 6.07) is 2.39. The van der Waals surface area contributed by atoms with Crippen molar-refractivity contribution in [1.29, 1.82) is 0 Å². The van der Waals surface area contributed by atoms with Gasteiger partial charge in [0.2, 0.25) is 0 Å². The second kappa shape index (κ2) is 6.96. The van der Waals surface area contributed by atoms with Gasteiger partial charge in [-0.05, 0) is 25.0 Å². The molecule has 0 aliphatic heterocycles. The van der Waals surface area contributed by atoms with Gasteiger partial charge in [-0.3, -0.25) is 0 Å². The minimum atomic E-state index is 0.522. The van der Waals surface area contributed by atoms with E-state index in [9.17, 15) is 0 Å². The van der Waals surface area contributed by atoms with Gasteiger partial charge < -0.3 is 10.7 Å². The Bertz CT molecular complexity index is 390. The third kappa shape index (κ3) is 3.98. The van der Waals surface area contributed by atoms with Crippen LogP contribution in [0.2, 0.25) is 0 Å². The number of nitrogens with two attached hydrogens (primary N) is 1. The number of hydrogen-bond acceptors (Lipinski definition) is 6. The normalized spacial score (nSPS) is 23.1. The fourth-order valence-electron chi connectivity index (χ4n) is 2.67. The molecule has 1 aliphatic carbocycles. The lowest BCUT2D eigenvalue weighted by Gasteiger charge is -2.29. The zero-order valence-corrected chi connectivity index (χ0v) is 12.5. The Labute approximate surface area is 119 Å². The van der Waals surface area contributed by atoms with Crippen LogP contribution in [0.4, 0.5) is 11.6 Å². The number of hydrogen-bond donors (Lipinski definition) is 3. The summed E-state index contributed by atoms with van der Waals surface area (Å²) in [5.41, 5.74) is 2.59. The molecule has 0 radical (unpaired) electrons. The van der Waals surface area contributed by atoms with Crippen LogP contribution in [-0.2, 0) is 0 Å². The van der Waals surface area contributed by atoms with Crippen molar-refractivity contribution in [3.63, 3.8) is 0 Å². The Morgan fingerprint density at radius 3 is 2.84 bits per heavy atom. The van der Waals surface area contributed by atoms with Crippen molar-refractivity contribution in [3.05, 3.63) is 6.07 Å². The fraction of sp³-hybridized carbons (Fsp3) is 0.692. The van der Waals surface area contributed by atoms with E-state index in [1.165, 1.54) is 43.9 Å². The molecule has 1 aliphatic rings. The minimum absolute atomic E-state index is 0.522. The molecule has 0 bridgehead atoms. The van der Waals surface area contributed by atoms with Gasteiger partial charge in [-0.2, -0.15) is 0 Å². The SMILES string of the molecule is CCC1CCCC(Nc2cc(NN)nc(SC)n2)C1. The van der Waals surface area contributed by atoms with E-state index in [1.807, 2.05) is 12.3 Å². The summed E-state index contributed by atoms with van der Waals surface area (Å²) in [6.07, 6.45) is 8.37. The molecule has 19 heavy (non-hydrogen) atoms. The van der Waals surface area contributed by atoms with Crippen LogP contribution in [0, 0.1) is 5.92 Å². The van der Waals surface area contributed by atoms with Crippen LogP contribution >= 0.6 is 11.8 Å². The summed E-state index contributed by atoms with van der Waals surface area (Å²) in [7, 11) is 0. The second-order valence-electron chi connectivity index (χ2n) is 5.05. The molecular formula is C13H23N5S. The molecule has 0 aromatic carbocycles. The predicted octanol–water partition coefficient (Wildman–Crippen LogP) is 2.86. The molecule has 1 heterocycles. The van der Waals surface area contributed by atoms with Crippen molar-refractivity contribution in [2.75, 3.05) is 17.0 Å². The highest BCUT2D eigenvalue weighted by Gasteiger charge is 2.21. The number of aromatic nitrogens is 2. The van der Waals surface area contributed by atoms with Gasteiger partial charge >= 0.3 is 0 Å². The first-order valence-corrected chi connectivity index (χ1v) is 8.13. The highest BCUT2D eigenvalue weighted by atomic mass is 32.2.